The molecule has 1 aromatic heterocycles. The normalized spacial score (nSPS) is 12.0. The standard InChI is InChI=1S/C16H16Cl2F3N3SSi/c1-25-15-10(5-6-26(2,3)4)14(22)24(23-15)13-11(17)7-9(8-12(13)18)16(19,20)21/h7-8H,22H2,1-4H3. The van der Waals surface area contributed by atoms with Crippen molar-refractivity contribution >= 4 is 48.9 Å². The van der Waals surface area contributed by atoms with Gasteiger partial charge >= 0.3 is 6.18 Å². The molecule has 0 bridgehead atoms. The number of nitrogens with zero attached hydrogens (tertiary/aromatic N) is 2. The van der Waals surface area contributed by atoms with Gasteiger partial charge in [0.1, 0.15) is 30.2 Å². The molecule has 2 rings (SSSR count). The maximum atomic E-state index is 12.9. The smallest absolute Gasteiger partial charge is 0.383 e. The number of nitrogen functional groups attached to an aromatic ring is 1. The van der Waals surface area contributed by atoms with Crippen LogP contribution in [0.15, 0.2) is 17.2 Å². The Labute approximate surface area is 165 Å². The molecule has 2 aromatic rings. The van der Waals surface area contributed by atoms with Crippen molar-refractivity contribution < 1.29 is 13.2 Å². The zero-order chi connectivity index (χ0) is 19.9. The second-order valence-electron chi connectivity index (χ2n) is 6.47. The van der Waals surface area contributed by atoms with E-state index >= 15 is 0 Å². The molecule has 1 aromatic carbocycles. The molecule has 0 amide bonds. The zero-order valence-corrected chi connectivity index (χ0v) is 17.8. The molecule has 0 spiro atoms. The first-order chi connectivity index (χ1) is 11.8. The first-order valence-corrected chi connectivity index (χ1v) is 12.9. The number of benzene rings is 1. The van der Waals surface area contributed by atoms with Crippen LogP contribution >= 0.6 is 35.0 Å². The van der Waals surface area contributed by atoms with Gasteiger partial charge in [0.05, 0.1) is 15.6 Å². The summed E-state index contributed by atoms with van der Waals surface area (Å²) in [5.74, 6) is 3.24. The van der Waals surface area contributed by atoms with Gasteiger partial charge in [-0.15, -0.1) is 17.3 Å². The Morgan fingerprint density at radius 2 is 1.73 bits per heavy atom. The third-order valence-corrected chi connectivity index (χ3v) is 5.32. The van der Waals surface area contributed by atoms with Crippen molar-refractivity contribution in [2.24, 2.45) is 0 Å². The van der Waals surface area contributed by atoms with E-state index in [0.29, 0.717) is 10.6 Å². The van der Waals surface area contributed by atoms with Crippen LogP contribution < -0.4 is 5.73 Å². The Hall–Kier alpha value is -1.27. The highest BCUT2D eigenvalue weighted by atomic mass is 35.5. The van der Waals surface area contributed by atoms with E-state index in [1.54, 1.807) is 0 Å². The predicted octanol–water partition coefficient (Wildman–Crippen LogP) is 5.73. The van der Waals surface area contributed by atoms with Crippen molar-refractivity contribution in [3.8, 4) is 17.2 Å². The van der Waals surface area contributed by atoms with E-state index in [2.05, 4.69) is 36.2 Å². The number of nitrogens with two attached hydrogens (primary N) is 1. The molecule has 0 saturated carbocycles. The molecule has 2 N–H and O–H groups in total. The number of rotatable bonds is 2. The van der Waals surface area contributed by atoms with Gasteiger partial charge in [0, 0.05) is 0 Å². The Balaban J connectivity index is 2.67. The van der Waals surface area contributed by atoms with Gasteiger partial charge in [-0.1, -0.05) is 48.8 Å². The summed E-state index contributed by atoms with van der Waals surface area (Å²) in [6.07, 6.45) is -2.75. The van der Waals surface area contributed by atoms with Crippen LogP contribution in [0.25, 0.3) is 5.69 Å². The van der Waals surface area contributed by atoms with Gasteiger partial charge in [-0.3, -0.25) is 0 Å². The summed E-state index contributed by atoms with van der Waals surface area (Å²) < 4.78 is 40.0. The van der Waals surface area contributed by atoms with Crippen molar-refractivity contribution in [3.05, 3.63) is 33.3 Å². The van der Waals surface area contributed by atoms with E-state index in [1.807, 2.05) is 6.26 Å². The third-order valence-electron chi connectivity index (χ3n) is 3.20. The number of halogens is 5. The van der Waals surface area contributed by atoms with Crippen LogP contribution in [-0.2, 0) is 6.18 Å². The van der Waals surface area contributed by atoms with Crippen molar-refractivity contribution in [3.63, 3.8) is 0 Å². The number of alkyl halides is 3. The number of aromatic nitrogens is 2. The maximum Gasteiger partial charge on any atom is 0.416 e. The Morgan fingerprint density at radius 1 is 1.19 bits per heavy atom. The first-order valence-electron chi connectivity index (χ1n) is 7.37. The molecule has 140 valence electrons. The van der Waals surface area contributed by atoms with Gasteiger partial charge in [0.25, 0.3) is 0 Å². The molecule has 0 aliphatic carbocycles. The molecule has 0 radical (unpaired) electrons. The molecule has 10 heteroatoms. The topological polar surface area (TPSA) is 43.8 Å². The summed E-state index contributed by atoms with van der Waals surface area (Å²) in [6, 6.07) is 1.60. The molecule has 0 aliphatic heterocycles. The van der Waals surface area contributed by atoms with E-state index in [0.717, 1.165) is 12.1 Å². The SMILES string of the molecule is CSc1nn(-c2c(Cl)cc(C(F)(F)F)cc2Cl)c(N)c1C#C[Si](C)(C)C. The highest BCUT2D eigenvalue weighted by Gasteiger charge is 2.32. The number of anilines is 1. The molecule has 3 nitrogen and oxygen atoms in total. The predicted molar refractivity (Wildman–Crippen MR) is 105 cm³/mol. The lowest BCUT2D eigenvalue weighted by molar-refractivity contribution is -0.137. The van der Waals surface area contributed by atoms with E-state index in [1.165, 1.54) is 16.4 Å². The largest absolute Gasteiger partial charge is 0.416 e. The van der Waals surface area contributed by atoms with E-state index < -0.39 is 19.8 Å². The molecule has 0 unspecified atom stereocenters. The van der Waals surface area contributed by atoms with Crippen LogP contribution in [0.1, 0.15) is 11.1 Å². The van der Waals surface area contributed by atoms with E-state index in [4.69, 9.17) is 28.9 Å². The monoisotopic (exact) mass is 437 g/mol. The van der Waals surface area contributed by atoms with Crippen LogP contribution in [0.5, 0.6) is 0 Å². The highest BCUT2D eigenvalue weighted by molar-refractivity contribution is 7.98. The number of thioether (sulfide) groups is 1. The van der Waals surface area contributed by atoms with Gasteiger partial charge in [-0.25, -0.2) is 4.68 Å². The average Bonchev–Trinajstić information content (AvgIpc) is 2.79. The summed E-state index contributed by atoms with van der Waals surface area (Å²) in [7, 11) is -1.66. The molecule has 26 heavy (non-hydrogen) atoms. The number of hydrogen-bond donors (Lipinski definition) is 1. The Bertz CT molecular complexity index is 885. The molecule has 0 fully saturated rings. The minimum Gasteiger partial charge on any atom is -0.383 e. The molecule has 1 heterocycles. The average molecular weight is 438 g/mol. The maximum absolute atomic E-state index is 12.9. The van der Waals surface area contributed by atoms with Crippen molar-refractivity contribution in [2.45, 2.75) is 30.8 Å². The third kappa shape index (κ3) is 4.52. The molecule has 0 atom stereocenters. The van der Waals surface area contributed by atoms with Gasteiger partial charge < -0.3 is 5.73 Å². The van der Waals surface area contributed by atoms with Crippen LogP contribution in [0, 0.1) is 11.5 Å². The quantitative estimate of drug-likeness (QED) is 0.370. The minimum atomic E-state index is -4.56. The van der Waals surface area contributed by atoms with Gasteiger partial charge in [-0.05, 0) is 18.4 Å². The van der Waals surface area contributed by atoms with Crippen LogP contribution in [0.4, 0.5) is 19.0 Å². The second kappa shape index (κ2) is 7.39. The van der Waals surface area contributed by atoms with Gasteiger partial charge in [0.15, 0.2) is 0 Å². The highest BCUT2D eigenvalue weighted by Crippen LogP contribution is 2.39. The first kappa shape index (κ1) is 21.0. The minimum absolute atomic E-state index is 0.0928. The Morgan fingerprint density at radius 3 is 2.15 bits per heavy atom. The van der Waals surface area contributed by atoms with Gasteiger partial charge in [-0.2, -0.15) is 18.3 Å². The van der Waals surface area contributed by atoms with Crippen molar-refractivity contribution in [1.82, 2.24) is 9.78 Å². The lowest BCUT2D eigenvalue weighted by Gasteiger charge is -2.13. The lowest BCUT2D eigenvalue weighted by atomic mass is 10.2. The van der Waals surface area contributed by atoms with Gasteiger partial charge in [0.2, 0.25) is 0 Å². The second-order valence-corrected chi connectivity index (χ2v) is 12.8. The molecular formula is C16H16Cl2F3N3SSi. The summed E-state index contributed by atoms with van der Waals surface area (Å²) in [6.45, 7) is 6.26. The Kier molecular flexibility index (Phi) is 5.98. The molecule has 0 aliphatic rings. The van der Waals surface area contributed by atoms with Crippen LogP contribution in [-0.4, -0.2) is 24.1 Å². The lowest BCUT2D eigenvalue weighted by Crippen LogP contribution is -2.16. The van der Waals surface area contributed by atoms with Crippen LogP contribution in [0.3, 0.4) is 0 Å². The zero-order valence-electron chi connectivity index (χ0n) is 14.4. The van der Waals surface area contributed by atoms with E-state index in [9.17, 15) is 13.2 Å². The number of hydrogen-bond acceptors (Lipinski definition) is 3. The van der Waals surface area contributed by atoms with Crippen molar-refractivity contribution in [2.75, 3.05) is 12.0 Å². The summed E-state index contributed by atoms with van der Waals surface area (Å²) >= 11 is 13.5. The van der Waals surface area contributed by atoms with Crippen LogP contribution in [0.2, 0.25) is 29.7 Å². The van der Waals surface area contributed by atoms with E-state index in [-0.39, 0.29) is 21.6 Å². The summed E-state index contributed by atoms with van der Waals surface area (Å²) in [5.41, 5.74) is 9.04. The fourth-order valence-electron chi connectivity index (χ4n) is 2.02. The molecular weight excluding hydrogens is 422 g/mol. The fraction of sp³-hybridized carbons (Fsp3) is 0.312. The fourth-order valence-corrected chi connectivity index (χ4v) is 3.69. The van der Waals surface area contributed by atoms with Crippen molar-refractivity contribution in [1.29, 1.82) is 0 Å². The molecule has 0 saturated heterocycles. The summed E-state index contributed by atoms with van der Waals surface area (Å²) in [5, 5.41) is 4.49. The summed E-state index contributed by atoms with van der Waals surface area (Å²) in [4.78, 5) is 0.